The molecule has 2 aliphatic heterocycles. The number of aryl methyl sites for hydroxylation is 1. The second-order valence-corrected chi connectivity index (χ2v) is 8.25. The van der Waals surface area contributed by atoms with Crippen LogP contribution in [0, 0.1) is 6.92 Å². The Morgan fingerprint density at radius 1 is 0.938 bits per heavy atom. The highest BCUT2D eigenvalue weighted by molar-refractivity contribution is 6.22. The highest BCUT2D eigenvalue weighted by atomic mass is 16.2. The van der Waals surface area contributed by atoms with E-state index in [0.717, 1.165) is 29.0 Å². The average Bonchev–Trinajstić information content (AvgIpc) is 3.30. The van der Waals surface area contributed by atoms with Crippen molar-refractivity contribution in [3.05, 3.63) is 94.5 Å². The quantitative estimate of drug-likeness (QED) is 0.632. The van der Waals surface area contributed by atoms with Crippen molar-refractivity contribution in [2.75, 3.05) is 23.3 Å². The molecule has 2 heterocycles. The SMILES string of the molecule is Cc1ccc2c(c1)C(=O)N(CC(=O)Nc1ccccc1CN1CCc3ccccc31)C2=O. The number of nitrogens with one attached hydrogen (secondary N) is 1. The number of imide groups is 1. The molecule has 0 aromatic heterocycles. The van der Waals surface area contributed by atoms with Gasteiger partial charge in [-0.1, -0.05) is 48.0 Å². The third-order valence-electron chi connectivity index (χ3n) is 6.06. The first-order valence-electron chi connectivity index (χ1n) is 10.7. The number of fused-ring (bicyclic) bond motifs is 2. The van der Waals surface area contributed by atoms with Crippen molar-refractivity contribution in [1.29, 1.82) is 0 Å². The summed E-state index contributed by atoms with van der Waals surface area (Å²) >= 11 is 0. The van der Waals surface area contributed by atoms with E-state index < -0.39 is 17.7 Å². The number of carbonyl (C=O) groups is 3. The molecule has 0 saturated heterocycles. The van der Waals surface area contributed by atoms with E-state index in [1.165, 1.54) is 11.3 Å². The lowest BCUT2D eigenvalue weighted by atomic mass is 10.1. The van der Waals surface area contributed by atoms with Gasteiger partial charge in [-0.3, -0.25) is 19.3 Å². The summed E-state index contributed by atoms with van der Waals surface area (Å²) in [5.74, 6) is -1.25. The van der Waals surface area contributed by atoms with Gasteiger partial charge in [-0.15, -0.1) is 0 Å². The minimum Gasteiger partial charge on any atom is -0.367 e. The molecule has 3 amide bonds. The van der Waals surface area contributed by atoms with Crippen molar-refractivity contribution in [3.63, 3.8) is 0 Å². The molecule has 3 aromatic carbocycles. The number of para-hydroxylation sites is 2. The summed E-state index contributed by atoms with van der Waals surface area (Å²) in [5.41, 5.74) is 5.82. The Labute approximate surface area is 186 Å². The second-order valence-electron chi connectivity index (χ2n) is 8.25. The van der Waals surface area contributed by atoms with E-state index in [9.17, 15) is 14.4 Å². The molecule has 160 valence electrons. The van der Waals surface area contributed by atoms with Gasteiger partial charge in [0.1, 0.15) is 6.54 Å². The summed E-state index contributed by atoms with van der Waals surface area (Å²) in [5, 5.41) is 2.90. The molecule has 6 nitrogen and oxygen atoms in total. The van der Waals surface area contributed by atoms with Crippen LogP contribution in [0.3, 0.4) is 0 Å². The third kappa shape index (κ3) is 3.54. The number of benzene rings is 3. The Morgan fingerprint density at radius 3 is 2.56 bits per heavy atom. The lowest BCUT2D eigenvalue weighted by molar-refractivity contribution is -0.116. The molecular formula is C26H23N3O3. The van der Waals surface area contributed by atoms with Crippen molar-refractivity contribution in [3.8, 4) is 0 Å². The number of rotatable bonds is 5. The largest absolute Gasteiger partial charge is 0.367 e. The third-order valence-corrected chi connectivity index (χ3v) is 6.06. The standard InChI is InChI=1S/C26H23N3O3/c1-17-10-11-20-21(14-17)26(32)29(25(20)31)16-24(30)27-22-8-4-2-7-19(22)15-28-13-12-18-6-3-5-9-23(18)28/h2-11,14H,12-13,15-16H2,1H3,(H,27,30). The van der Waals surface area contributed by atoms with Crippen molar-refractivity contribution >= 4 is 29.1 Å². The van der Waals surface area contributed by atoms with Crippen LogP contribution in [0.2, 0.25) is 0 Å². The van der Waals surface area contributed by atoms with Gasteiger partial charge in [-0.25, -0.2) is 0 Å². The fraction of sp³-hybridized carbons (Fsp3) is 0.192. The van der Waals surface area contributed by atoms with Crippen LogP contribution in [-0.2, 0) is 17.8 Å². The number of hydrogen-bond donors (Lipinski definition) is 1. The first-order chi connectivity index (χ1) is 15.5. The summed E-state index contributed by atoms with van der Waals surface area (Å²) in [6.45, 7) is 3.14. The van der Waals surface area contributed by atoms with Gasteiger partial charge >= 0.3 is 0 Å². The van der Waals surface area contributed by atoms with E-state index in [1.807, 2.05) is 37.3 Å². The van der Waals surface area contributed by atoms with Gasteiger partial charge in [0.2, 0.25) is 5.91 Å². The fourth-order valence-corrected chi connectivity index (χ4v) is 4.44. The van der Waals surface area contributed by atoms with Gasteiger partial charge in [-0.2, -0.15) is 0 Å². The van der Waals surface area contributed by atoms with Crippen molar-refractivity contribution in [2.45, 2.75) is 19.9 Å². The molecule has 0 fully saturated rings. The lowest BCUT2D eigenvalue weighted by Gasteiger charge is -2.22. The van der Waals surface area contributed by atoms with Crippen LogP contribution in [0.15, 0.2) is 66.7 Å². The van der Waals surface area contributed by atoms with Crippen molar-refractivity contribution in [1.82, 2.24) is 4.90 Å². The molecule has 0 bridgehead atoms. The highest BCUT2D eigenvalue weighted by Gasteiger charge is 2.36. The molecule has 0 aliphatic carbocycles. The van der Waals surface area contributed by atoms with Gasteiger partial charge < -0.3 is 10.2 Å². The molecule has 0 radical (unpaired) electrons. The molecule has 3 aromatic rings. The lowest BCUT2D eigenvalue weighted by Crippen LogP contribution is -2.37. The Hall–Kier alpha value is -3.93. The molecule has 5 rings (SSSR count). The van der Waals surface area contributed by atoms with Gasteiger partial charge in [-0.05, 0) is 48.7 Å². The number of carbonyl (C=O) groups excluding carboxylic acids is 3. The molecule has 32 heavy (non-hydrogen) atoms. The second kappa shape index (κ2) is 7.96. The minimum atomic E-state index is -0.429. The topological polar surface area (TPSA) is 69.7 Å². The van der Waals surface area contributed by atoms with Crippen LogP contribution in [0.25, 0.3) is 0 Å². The van der Waals surface area contributed by atoms with E-state index >= 15 is 0 Å². The maximum atomic E-state index is 12.8. The average molecular weight is 425 g/mol. The Bertz CT molecular complexity index is 1250. The molecule has 0 atom stereocenters. The molecule has 2 aliphatic rings. The molecule has 0 saturated carbocycles. The normalized spacial score (nSPS) is 14.5. The maximum absolute atomic E-state index is 12.8. The van der Waals surface area contributed by atoms with E-state index in [1.54, 1.807) is 18.2 Å². The van der Waals surface area contributed by atoms with Crippen LogP contribution in [0.1, 0.15) is 37.4 Å². The zero-order chi connectivity index (χ0) is 22.2. The smallest absolute Gasteiger partial charge is 0.262 e. The van der Waals surface area contributed by atoms with Gasteiger partial charge in [0.05, 0.1) is 11.1 Å². The van der Waals surface area contributed by atoms with Gasteiger partial charge in [0, 0.05) is 24.5 Å². The predicted octanol–water partition coefficient (Wildman–Crippen LogP) is 3.79. The number of nitrogens with zero attached hydrogens (tertiary/aromatic N) is 2. The first-order valence-corrected chi connectivity index (χ1v) is 10.7. The van der Waals surface area contributed by atoms with Crippen LogP contribution in [0.5, 0.6) is 0 Å². The summed E-state index contributed by atoms with van der Waals surface area (Å²) in [6, 6.07) is 21.1. The number of anilines is 2. The molecule has 6 heteroatoms. The maximum Gasteiger partial charge on any atom is 0.262 e. The zero-order valence-electron chi connectivity index (χ0n) is 17.8. The van der Waals surface area contributed by atoms with Gasteiger partial charge in [0.25, 0.3) is 11.8 Å². The van der Waals surface area contributed by atoms with E-state index in [4.69, 9.17) is 0 Å². The van der Waals surface area contributed by atoms with Crippen molar-refractivity contribution < 1.29 is 14.4 Å². The summed E-state index contributed by atoms with van der Waals surface area (Å²) in [7, 11) is 0. The zero-order valence-corrected chi connectivity index (χ0v) is 17.8. The Balaban J connectivity index is 1.30. The van der Waals surface area contributed by atoms with Crippen molar-refractivity contribution in [2.24, 2.45) is 0 Å². The van der Waals surface area contributed by atoms with E-state index in [2.05, 4.69) is 28.4 Å². The van der Waals surface area contributed by atoms with E-state index in [0.29, 0.717) is 23.4 Å². The number of amides is 3. The van der Waals surface area contributed by atoms with Crippen LogP contribution in [0.4, 0.5) is 11.4 Å². The molecule has 1 N–H and O–H groups in total. The Morgan fingerprint density at radius 2 is 1.69 bits per heavy atom. The fourth-order valence-electron chi connectivity index (χ4n) is 4.44. The van der Waals surface area contributed by atoms with Gasteiger partial charge in [0.15, 0.2) is 0 Å². The monoisotopic (exact) mass is 425 g/mol. The first kappa shape index (κ1) is 20.0. The highest BCUT2D eigenvalue weighted by Crippen LogP contribution is 2.30. The van der Waals surface area contributed by atoms with E-state index in [-0.39, 0.29) is 6.54 Å². The molecular weight excluding hydrogens is 402 g/mol. The summed E-state index contributed by atoms with van der Waals surface area (Å²) in [6.07, 6.45) is 1.00. The molecule has 0 spiro atoms. The van der Waals surface area contributed by atoms with Crippen LogP contribution in [-0.4, -0.2) is 35.7 Å². The van der Waals surface area contributed by atoms with Crippen LogP contribution < -0.4 is 10.2 Å². The molecule has 0 unspecified atom stereocenters. The summed E-state index contributed by atoms with van der Waals surface area (Å²) < 4.78 is 0. The summed E-state index contributed by atoms with van der Waals surface area (Å²) in [4.78, 5) is 41.4. The predicted molar refractivity (Wildman–Crippen MR) is 123 cm³/mol. The minimum absolute atomic E-state index is 0.313. The number of hydrogen-bond acceptors (Lipinski definition) is 4. The van der Waals surface area contributed by atoms with Crippen LogP contribution >= 0.6 is 0 Å². The Kier molecular flexibility index (Phi) is 4.98.